The van der Waals surface area contributed by atoms with E-state index in [4.69, 9.17) is 16.1 Å². The Morgan fingerprint density at radius 3 is 2.92 bits per heavy atom. The van der Waals surface area contributed by atoms with E-state index in [0.717, 1.165) is 4.88 Å². The Morgan fingerprint density at radius 2 is 2.20 bits per heavy atom. The van der Waals surface area contributed by atoms with E-state index in [1.165, 1.54) is 23.5 Å². The molecule has 128 valence electrons. The van der Waals surface area contributed by atoms with Crippen LogP contribution in [0.5, 0.6) is 0 Å². The summed E-state index contributed by atoms with van der Waals surface area (Å²) in [6.07, 6.45) is -0.0531. The molecule has 0 unspecified atom stereocenters. The number of halogens is 2. The van der Waals surface area contributed by atoms with Crippen LogP contribution in [-0.4, -0.2) is 34.0 Å². The Labute approximate surface area is 152 Å². The van der Waals surface area contributed by atoms with Crippen LogP contribution in [0.4, 0.5) is 4.39 Å². The van der Waals surface area contributed by atoms with Gasteiger partial charge in [-0.25, -0.2) is 4.39 Å². The first-order valence-electron chi connectivity index (χ1n) is 7.70. The van der Waals surface area contributed by atoms with Crippen molar-refractivity contribution in [1.29, 1.82) is 0 Å². The zero-order valence-electron chi connectivity index (χ0n) is 13.0. The predicted molar refractivity (Wildman–Crippen MR) is 92.0 cm³/mol. The van der Waals surface area contributed by atoms with Gasteiger partial charge in [-0.05, 0) is 23.6 Å². The first kappa shape index (κ1) is 16.2. The number of rotatable bonds is 4. The summed E-state index contributed by atoms with van der Waals surface area (Å²) in [7, 11) is 0. The lowest BCUT2D eigenvalue weighted by Gasteiger charge is -2.37. The summed E-state index contributed by atoms with van der Waals surface area (Å²) < 4.78 is 19.1. The highest BCUT2D eigenvalue weighted by molar-refractivity contribution is 7.13. The minimum absolute atomic E-state index is 0.0151. The minimum Gasteiger partial charge on any atom is -0.341 e. The third-order valence-electron chi connectivity index (χ3n) is 4.16. The van der Waals surface area contributed by atoms with E-state index in [2.05, 4.69) is 10.1 Å². The van der Waals surface area contributed by atoms with Gasteiger partial charge in [0.05, 0.1) is 17.2 Å². The minimum atomic E-state index is -0.463. The quantitative estimate of drug-likeness (QED) is 0.694. The maximum atomic E-state index is 13.8. The highest BCUT2D eigenvalue weighted by atomic mass is 35.5. The number of hydrogen-bond acceptors (Lipinski definition) is 5. The van der Waals surface area contributed by atoms with Crippen molar-refractivity contribution in [2.24, 2.45) is 0 Å². The van der Waals surface area contributed by atoms with Crippen LogP contribution in [-0.2, 0) is 11.2 Å². The van der Waals surface area contributed by atoms with E-state index >= 15 is 0 Å². The maximum Gasteiger partial charge on any atom is 0.233 e. The van der Waals surface area contributed by atoms with Gasteiger partial charge >= 0.3 is 0 Å². The Morgan fingerprint density at radius 1 is 1.36 bits per heavy atom. The van der Waals surface area contributed by atoms with Crippen LogP contribution < -0.4 is 0 Å². The van der Waals surface area contributed by atoms with E-state index < -0.39 is 5.82 Å². The normalized spacial score (nSPS) is 14.6. The van der Waals surface area contributed by atoms with Crippen molar-refractivity contribution in [3.63, 3.8) is 0 Å². The molecule has 1 aliphatic rings. The molecule has 4 rings (SSSR count). The number of hydrogen-bond donors (Lipinski definition) is 0. The first-order valence-corrected chi connectivity index (χ1v) is 8.95. The van der Waals surface area contributed by atoms with Crippen molar-refractivity contribution in [3.05, 3.63) is 58.0 Å². The zero-order chi connectivity index (χ0) is 17.4. The zero-order valence-corrected chi connectivity index (χ0v) is 14.6. The summed E-state index contributed by atoms with van der Waals surface area (Å²) in [5, 5.41) is 6.19. The second-order valence-electron chi connectivity index (χ2n) is 5.81. The van der Waals surface area contributed by atoms with Crippen molar-refractivity contribution in [2.45, 2.75) is 12.3 Å². The number of carbonyl (C=O) groups excluding carboxylic acids is 1. The molecule has 1 fully saturated rings. The Bertz CT molecular complexity index is 886. The van der Waals surface area contributed by atoms with Crippen molar-refractivity contribution >= 4 is 28.8 Å². The number of likely N-dealkylation sites (tertiary alicyclic amines) is 1. The SMILES string of the molecule is O=C(Cc1c(F)cccc1Cl)N1CC(c2nc(-c3cccs3)no2)C1. The average Bonchev–Trinajstić information content (AvgIpc) is 3.20. The van der Waals surface area contributed by atoms with E-state index in [0.29, 0.717) is 24.8 Å². The van der Waals surface area contributed by atoms with E-state index in [1.807, 2.05) is 17.5 Å². The molecule has 1 saturated heterocycles. The molecule has 25 heavy (non-hydrogen) atoms. The van der Waals surface area contributed by atoms with Gasteiger partial charge in [0.2, 0.25) is 17.6 Å². The number of carbonyl (C=O) groups is 1. The van der Waals surface area contributed by atoms with Crippen LogP contribution in [0.15, 0.2) is 40.2 Å². The van der Waals surface area contributed by atoms with Crippen LogP contribution in [0.3, 0.4) is 0 Å². The van der Waals surface area contributed by atoms with Gasteiger partial charge in [0.1, 0.15) is 5.82 Å². The molecular weight excluding hydrogens is 365 g/mol. The monoisotopic (exact) mass is 377 g/mol. The third-order valence-corrected chi connectivity index (χ3v) is 5.38. The molecule has 8 heteroatoms. The topological polar surface area (TPSA) is 59.2 Å². The van der Waals surface area contributed by atoms with Gasteiger partial charge in [-0.1, -0.05) is 28.9 Å². The van der Waals surface area contributed by atoms with Gasteiger partial charge in [-0.3, -0.25) is 4.79 Å². The van der Waals surface area contributed by atoms with E-state index in [-0.39, 0.29) is 28.8 Å². The number of amides is 1. The standard InChI is InChI=1S/C17H13ClFN3O2S/c18-12-3-1-4-13(19)11(12)7-15(23)22-8-10(9-22)17-20-16(21-24-17)14-5-2-6-25-14/h1-6,10H,7-9H2. The van der Waals surface area contributed by atoms with Gasteiger partial charge in [0.25, 0.3) is 0 Å². The molecule has 0 atom stereocenters. The largest absolute Gasteiger partial charge is 0.341 e. The van der Waals surface area contributed by atoms with Crippen LogP contribution >= 0.6 is 22.9 Å². The van der Waals surface area contributed by atoms with Gasteiger partial charge in [-0.15, -0.1) is 11.3 Å². The summed E-state index contributed by atoms with van der Waals surface area (Å²) in [5.74, 6) is 0.474. The fourth-order valence-corrected chi connectivity index (χ4v) is 3.59. The molecule has 0 spiro atoms. The summed E-state index contributed by atoms with van der Waals surface area (Å²) in [6.45, 7) is 0.966. The number of thiophene rings is 1. The Balaban J connectivity index is 1.38. The lowest BCUT2D eigenvalue weighted by Crippen LogP contribution is -2.49. The van der Waals surface area contributed by atoms with Crippen LogP contribution in [0.2, 0.25) is 5.02 Å². The van der Waals surface area contributed by atoms with Gasteiger partial charge in [0.15, 0.2) is 0 Å². The molecule has 3 aromatic rings. The van der Waals surface area contributed by atoms with E-state index in [9.17, 15) is 9.18 Å². The Hall–Kier alpha value is -2.25. The molecule has 1 amide bonds. The number of benzene rings is 1. The molecule has 1 aromatic carbocycles. The first-order chi connectivity index (χ1) is 12.1. The molecule has 5 nitrogen and oxygen atoms in total. The average molecular weight is 378 g/mol. The fourth-order valence-electron chi connectivity index (χ4n) is 2.71. The molecule has 0 aliphatic carbocycles. The summed E-state index contributed by atoms with van der Waals surface area (Å²) >= 11 is 7.51. The molecule has 1 aliphatic heterocycles. The number of nitrogens with zero attached hydrogens (tertiary/aromatic N) is 3. The van der Waals surface area contributed by atoms with Gasteiger partial charge in [-0.2, -0.15) is 4.98 Å². The molecule has 0 N–H and O–H groups in total. The second-order valence-corrected chi connectivity index (χ2v) is 7.16. The summed E-state index contributed by atoms with van der Waals surface area (Å²) in [4.78, 5) is 19.3. The molecule has 3 heterocycles. The highest BCUT2D eigenvalue weighted by Crippen LogP contribution is 2.30. The fraction of sp³-hybridized carbons (Fsp3) is 0.235. The lowest BCUT2D eigenvalue weighted by molar-refractivity contribution is -0.135. The van der Waals surface area contributed by atoms with E-state index in [1.54, 1.807) is 11.0 Å². The summed E-state index contributed by atoms with van der Waals surface area (Å²) in [5.41, 5.74) is 0.232. The number of aromatic nitrogens is 2. The maximum absolute atomic E-state index is 13.8. The lowest BCUT2D eigenvalue weighted by atomic mass is 9.98. The molecule has 0 bridgehead atoms. The van der Waals surface area contributed by atoms with Crippen LogP contribution in [0, 0.1) is 5.82 Å². The van der Waals surface area contributed by atoms with Crippen molar-refractivity contribution in [3.8, 4) is 10.7 Å². The van der Waals surface area contributed by atoms with Gasteiger partial charge < -0.3 is 9.42 Å². The Kier molecular flexibility index (Phi) is 4.27. The van der Waals surface area contributed by atoms with Crippen molar-refractivity contribution in [2.75, 3.05) is 13.1 Å². The second kappa shape index (κ2) is 6.57. The predicted octanol–water partition coefficient (Wildman–Crippen LogP) is 3.76. The third kappa shape index (κ3) is 3.17. The molecule has 2 aromatic heterocycles. The van der Waals surface area contributed by atoms with Crippen molar-refractivity contribution in [1.82, 2.24) is 15.0 Å². The highest BCUT2D eigenvalue weighted by Gasteiger charge is 2.36. The van der Waals surface area contributed by atoms with Gasteiger partial charge in [0, 0.05) is 23.7 Å². The smallest absolute Gasteiger partial charge is 0.233 e. The van der Waals surface area contributed by atoms with Crippen LogP contribution in [0.1, 0.15) is 17.4 Å². The van der Waals surface area contributed by atoms with Crippen LogP contribution in [0.25, 0.3) is 10.7 Å². The molecule has 0 saturated carbocycles. The summed E-state index contributed by atoms with van der Waals surface area (Å²) in [6, 6.07) is 8.25. The van der Waals surface area contributed by atoms with Crippen molar-refractivity contribution < 1.29 is 13.7 Å². The molecular formula is C17H13ClFN3O2S. The molecule has 0 radical (unpaired) electrons.